The fraction of sp³-hybridized carbons (Fsp3) is 0.357. The molecular weight excluding hydrogens is 250 g/mol. The van der Waals surface area contributed by atoms with E-state index in [4.69, 9.17) is 0 Å². The number of H-pyrrole nitrogens is 1. The highest BCUT2D eigenvalue weighted by atomic mass is 19.2. The van der Waals surface area contributed by atoms with Gasteiger partial charge < -0.3 is 10.3 Å². The molecule has 0 saturated heterocycles. The lowest BCUT2D eigenvalue weighted by molar-refractivity contribution is 0.491. The molecule has 2 aromatic rings. The number of pyridine rings is 1. The predicted octanol–water partition coefficient (Wildman–Crippen LogP) is 2.40. The minimum absolute atomic E-state index is 0.0629. The van der Waals surface area contributed by atoms with Gasteiger partial charge in [0.05, 0.1) is 5.39 Å². The standard InChI is InChI=1S/C14H14F2N2O/c1-17-11-3-2-4-12-13(11)7-5-9(15)10(16)6-8(7)14(19)18-12/h5-6,11,17H,2-4H2,1H3,(H,18,19). The molecule has 1 unspecified atom stereocenters. The molecule has 0 saturated carbocycles. The Kier molecular flexibility index (Phi) is 2.86. The Bertz CT molecular complexity index is 709. The van der Waals surface area contributed by atoms with Gasteiger partial charge in [-0.3, -0.25) is 4.79 Å². The van der Waals surface area contributed by atoms with Gasteiger partial charge in [-0.05, 0) is 49.4 Å². The van der Waals surface area contributed by atoms with Gasteiger partial charge in [0.1, 0.15) is 0 Å². The SMILES string of the molecule is CNC1CCCc2[nH]c(=O)c3cc(F)c(F)cc3c21. The molecule has 3 rings (SSSR count). The summed E-state index contributed by atoms with van der Waals surface area (Å²) in [6.45, 7) is 0. The monoisotopic (exact) mass is 264 g/mol. The van der Waals surface area contributed by atoms with Gasteiger partial charge in [-0.15, -0.1) is 0 Å². The van der Waals surface area contributed by atoms with Crippen LogP contribution in [0.1, 0.15) is 30.1 Å². The molecule has 1 atom stereocenters. The quantitative estimate of drug-likeness (QED) is 0.830. The lowest BCUT2D eigenvalue weighted by atomic mass is 9.88. The average Bonchev–Trinajstić information content (AvgIpc) is 2.40. The van der Waals surface area contributed by atoms with Crippen molar-refractivity contribution in [1.29, 1.82) is 0 Å². The van der Waals surface area contributed by atoms with E-state index < -0.39 is 11.6 Å². The number of rotatable bonds is 1. The first-order valence-corrected chi connectivity index (χ1v) is 6.33. The highest BCUT2D eigenvalue weighted by Gasteiger charge is 2.24. The van der Waals surface area contributed by atoms with E-state index in [9.17, 15) is 13.6 Å². The van der Waals surface area contributed by atoms with Crippen LogP contribution in [0.15, 0.2) is 16.9 Å². The van der Waals surface area contributed by atoms with Crippen molar-refractivity contribution < 1.29 is 8.78 Å². The van der Waals surface area contributed by atoms with E-state index >= 15 is 0 Å². The molecule has 1 aliphatic rings. The number of benzene rings is 1. The molecule has 0 radical (unpaired) electrons. The molecule has 19 heavy (non-hydrogen) atoms. The van der Waals surface area contributed by atoms with Crippen molar-refractivity contribution in [3.05, 3.63) is 45.4 Å². The summed E-state index contributed by atoms with van der Waals surface area (Å²) in [6, 6.07) is 2.17. The molecule has 1 heterocycles. The van der Waals surface area contributed by atoms with Crippen LogP contribution in [0.5, 0.6) is 0 Å². The maximum Gasteiger partial charge on any atom is 0.256 e. The smallest absolute Gasteiger partial charge is 0.256 e. The van der Waals surface area contributed by atoms with Crippen LogP contribution in [0.2, 0.25) is 0 Å². The van der Waals surface area contributed by atoms with Crippen molar-refractivity contribution in [3.8, 4) is 0 Å². The van der Waals surface area contributed by atoms with Crippen molar-refractivity contribution in [2.75, 3.05) is 7.05 Å². The Morgan fingerprint density at radius 2 is 1.95 bits per heavy atom. The van der Waals surface area contributed by atoms with Gasteiger partial charge in [0.25, 0.3) is 5.56 Å². The van der Waals surface area contributed by atoms with E-state index in [1.807, 2.05) is 7.05 Å². The van der Waals surface area contributed by atoms with Crippen LogP contribution in [-0.4, -0.2) is 12.0 Å². The molecule has 0 spiro atoms. The first kappa shape index (κ1) is 12.3. The van der Waals surface area contributed by atoms with E-state index in [0.29, 0.717) is 5.39 Å². The summed E-state index contributed by atoms with van der Waals surface area (Å²) in [7, 11) is 1.83. The summed E-state index contributed by atoms with van der Waals surface area (Å²) in [5.41, 5.74) is 1.36. The summed E-state index contributed by atoms with van der Waals surface area (Å²) < 4.78 is 26.8. The number of aromatic nitrogens is 1. The first-order valence-electron chi connectivity index (χ1n) is 6.33. The first-order chi connectivity index (χ1) is 9.11. The second kappa shape index (κ2) is 4.42. The highest BCUT2D eigenvalue weighted by Crippen LogP contribution is 2.33. The topological polar surface area (TPSA) is 44.9 Å². The van der Waals surface area contributed by atoms with Crippen molar-refractivity contribution in [2.24, 2.45) is 0 Å². The molecular formula is C14H14F2N2O. The zero-order chi connectivity index (χ0) is 13.6. The largest absolute Gasteiger partial charge is 0.325 e. The Labute approximate surface area is 108 Å². The minimum Gasteiger partial charge on any atom is -0.325 e. The van der Waals surface area contributed by atoms with Gasteiger partial charge in [-0.25, -0.2) is 8.78 Å². The Morgan fingerprint density at radius 1 is 1.26 bits per heavy atom. The highest BCUT2D eigenvalue weighted by molar-refractivity contribution is 5.86. The molecule has 3 nitrogen and oxygen atoms in total. The molecule has 1 aromatic carbocycles. The Balaban J connectivity index is 2.42. The zero-order valence-electron chi connectivity index (χ0n) is 10.5. The number of aromatic amines is 1. The van der Waals surface area contributed by atoms with Crippen LogP contribution in [0.3, 0.4) is 0 Å². The lowest BCUT2D eigenvalue weighted by Crippen LogP contribution is -2.25. The predicted molar refractivity (Wildman–Crippen MR) is 69.2 cm³/mol. The second-order valence-electron chi connectivity index (χ2n) is 4.89. The molecule has 0 amide bonds. The van der Waals surface area contributed by atoms with E-state index in [2.05, 4.69) is 10.3 Å². The van der Waals surface area contributed by atoms with E-state index in [0.717, 1.165) is 42.7 Å². The summed E-state index contributed by atoms with van der Waals surface area (Å²) >= 11 is 0. The normalized spacial score (nSPS) is 18.6. The van der Waals surface area contributed by atoms with Gasteiger partial charge in [0.15, 0.2) is 11.6 Å². The Hall–Kier alpha value is -1.75. The molecule has 1 aliphatic carbocycles. The molecule has 5 heteroatoms. The van der Waals surface area contributed by atoms with Crippen molar-refractivity contribution >= 4 is 10.8 Å². The fourth-order valence-electron chi connectivity index (χ4n) is 2.90. The zero-order valence-corrected chi connectivity index (χ0v) is 10.5. The van der Waals surface area contributed by atoms with Gasteiger partial charge in [0.2, 0.25) is 0 Å². The summed E-state index contributed by atoms with van der Waals surface area (Å²) in [5, 5.41) is 3.89. The van der Waals surface area contributed by atoms with Crippen LogP contribution in [0, 0.1) is 11.6 Å². The number of hydrogen-bond acceptors (Lipinski definition) is 2. The van der Waals surface area contributed by atoms with Gasteiger partial charge in [-0.1, -0.05) is 0 Å². The molecule has 100 valence electrons. The van der Waals surface area contributed by atoms with Crippen LogP contribution in [0.4, 0.5) is 8.78 Å². The summed E-state index contributed by atoms with van der Waals surface area (Å²) in [4.78, 5) is 14.7. The number of aryl methyl sites for hydroxylation is 1. The molecule has 2 N–H and O–H groups in total. The summed E-state index contributed by atoms with van der Waals surface area (Å²) in [6.07, 6.45) is 2.64. The number of halogens is 2. The van der Waals surface area contributed by atoms with E-state index in [1.54, 1.807) is 0 Å². The van der Waals surface area contributed by atoms with E-state index in [1.165, 1.54) is 0 Å². The van der Waals surface area contributed by atoms with Crippen LogP contribution in [-0.2, 0) is 6.42 Å². The maximum absolute atomic E-state index is 13.5. The minimum atomic E-state index is -0.991. The average molecular weight is 264 g/mol. The third kappa shape index (κ3) is 1.85. The Morgan fingerprint density at radius 3 is 2.63 bits per heavy atom. The van der Waals surface area contributed by atoms with Crippen molar-refractivity contribution in [2.45, 2.75) is 25.3 Å². The van der Waals surface area contributed by atoms with Crippen molar-refractivity contribution in [3.63, 3.8) is 0 Å². The van der Waals surface area contributed by atoms with Crippen LogP contribution < -0.4 is 10.9 Å². The fourth-order valence-corrected chi connectivity index (χ4v) is 2.90. The lowest BCUT2D eigenvalue weighted by Gasteiger charge is -2.26. The third-order valence-corrected chi connectivity index (χ3v) is 3.80. The van der Waals surface area contributed by atoms with Gasteiger partial charge in [-0.2, -0.15) is 0 Å². The number of hydrogen-bond donors (Lipinski definition) is 2. The maximum atomic E-state index is 13.5. The van der Waals surface area contributed by atoms with Gasteiger partial charge >= 0.3 is 0 Å². The number of nitrogens with one attached hydrogen (secondary N) is 2. The molecule has 0 fully saturated rings. The molecule has 0 bridgehead atoms. The van der Waals surface area contributed by atoms with Crippen molar-refractivity contribution in [1.82, 2.24) is 10.3 Å². The van der Waals surface area contributed by atoms with Gasteiger partial charge in [0, 0.05) is 11.7 Å². The third-order valence-electron chi connectivity index (χ3n) is 3.80. The molecule has 1 aromatic heterocycles. The van der Waals surface area contributed by atoms with Crippen LogP contribution in [0.25, 0.3) is 10.8 Å². The molecule has 0 aliphatic heterocycles. The number of fused-ring (bicyclic) bond motifs is 3. The summed E-state index contributed by atoms with van der Waals surface area (Å²) in [5.74, 6) is -1.91. The van der Waals surface area contributed by atoms with Crippen LogP contribution >= 0.6 is 0 Å². The van der Waals surface area contributed by atoms with E-state index in [-0.39, 0.29) is 17.0 Å². The second-order valence-corrected chi connectivity index (χ2v) is 4.89.